The largest absolute Gasteiger partial charge is 0.497 e. The predicted molar refractivity (Wildman–Crippen MR) is 99.5 cm³/mol. The van der Waals surface area contributed by atoms with E-state index in [1.54, 1.807) is 55.6 Å². The number of aromatic nitrogens is 1. The van der Waals surface area contributed by atoms with Crippen LogP contribution in [0.1, 0.15) is 37.5 Å². The Hall–Kier alpha value is -3.85. The van der Waals surface area contributed by atoms with Crippen molar-refractivity contribution in [3.05, 3.63) is 88.7 Å². The molecule has 0 saturated heterocycles. The van der Waals surface area contributed by atoms with Gasteiger partial charge in [0.2, 0.25) is 0 Å². The van der Waals surface area contributed by atoms with Crippen LogP contribution in [0, 0.1) is 11.3 Å². The lowest BCUT2D eigenvalue weighted by Crippen LogP contribution is -2.23. The van der Waals surface area contributed by atoms with Crippen molar-refractivity contribution in [2.24, 2.45) is 0 Å². The lowest BCUT2D eigenvalue weighted by molar-refractivity contribution is 0.0946. The van der Waals surface area contributed by atoms with E-state index in [2.05, 4.69) is 10.3 Å². The SMILES string of the molecule is COc1ccc(C(=O)c2c[nH]c(C(=O)NCc3ccc(C#N)cc3)c2)cc1. The average Bonchev–Trinajstić information content (AvgIpc) is 3.22. The highest BCUT2D eigenvalue weighted by Gasteiger charge is 2.14. The lowest BCUT2D eigenvalue weighted by atomic mass is 10.1. The van der Waals surface area contributed by atoms with Crippen molar-refractivity contribution < 1.29 is 14.3 Å². The van der Waals surface area contributed by atoms with Crippen LogP contribution in [-0.4, -0.2) is 23.8 Å². The number of rotatable bonds is 6. The summed E-state index contributed by atoms with van der Waals surface area (Å²) in [5.74, 6) is 0.177. The van der Waals surface area contributed by atoms with Crippen molar-refractivity contribution in [1.29, 1.82) is 5.26 Å². The highest BCUT2D eigenvalue weighted by Crippen LogP contribution is 2.16. The molecule has 6 nitrogen and oxygen atoms in total. The molecular formula is C21H17N3O3. The summed E-state index contributed by atoms with van der Waals surface area (Å²) in [6.07, 6.45) is 1.52. The van der Waals surface area contributed by atoms with Gasteiger partial charge in [-0.25, -0.2) is 0 Å². The molecule has 3 aromatic rings. The second kappa shape index (κ2) is 8.02. The first-order valence-electron chi connectivity index (χ1n) is 8.25. The molecule has 134 valence electrons. The van der Waals surface area contributed by atoms with Crippen LogP contribution in [0.5, 0.6) is 5.75 Å². The maximum absolute atomic E-state index is 12.5. The Bertz CT molecular complexity index is 996. The quantitative estimate of drug-likeness (QED) is 0.661. The van der Waals surface area contributed by atoms with Crippen LogP contribution in [0.25, 0.3) is 0 Å². The zero-order valence-corrected chi connectivity index (χ0v) is 14.7. The first-order valence-corrected chi connectivity index (χ1v) is 8.25. The van der Waals surface area contributed by atoms with Gasteiger partial charge in [0.15, 0.2) is 5.78 Å². The molecule has 0 aliphatic rings. The highest BCUT2D eigenvalue weighted by molar-refractivity contribution is 6.10. The minimum atomic E-state index is -0.312. The van der Waals surface area contributed by atoms with Crippen molar-refractivity contribution >= 4 is 11.7 Å². The van der Waals surface area contributed by atoms with Crippen LogP contribution < -0.4 is 10.1 Å². The van der Waals surface area contributed by atoms with E-state index >= 15 is 0 Å². The smallest absolute Gasteiger partial charge is 0.267 e. The number of hydrogen-bond acceptors (Lipinski definition) is 4. The first kappa shape index (κ1) is 18.0. The Morgan fingerprint density at radius 3 is 2.41 bits per heavy atom. The minimum absolute atomic E-state index is 0.181. The van der Waals surface area contributed by atoms with Gasteiger partial charge in [0.25, 0.3) is 5.91 Å². The Morgan fingerprint density at radius 2 is 1.78 bits per heavy atom. The molecule has 27 heavy (non-hydrogen) atoms. The molecule has 1 amide bonds. The molecule has 0 aliphatic carbocycles. The van der Waals surface area contributed by atoms with E-state index < -0.39 is 0 Å². The number of carbonyl (C=O) groups is 2. The van der Waals surface area contributed by atoms with Gasteiger partial charge < -0.3 is 15.0 Å². The van der Waals surface area contributed by atoms with Gasteiger partial charge in [-0.05, 0) is 48.0 Å². The van der Waals surface area contributed by atoms with Crippen molar-refractivity contribution in [3.63, 3.8) is 0 Å². The number of carbonyl (C=O) groups excluding carboxylic acids is 2. The maximum Gasteiger partial charge on any atom is 0.267 e. The van der Waals surface area contributed by atoms with Crippen molar-refractivity contribution in [1.82, 2.24) is 10.3 Å². The second-order valence-electron chi connectivity index (χ2n) is 5.85. The molecule has 0 bridgehead atoms. The summed E-state index contributed by atoms with van der Waals surface area (Å²) in [7, 11) is 1.56. The highest BCUT2D eigenvalue weighted by atomic mass is 16.5. The number of benzene rings is 2. The molecular weight excluding hydrogens is 342 g/mol. The van der Waals surface area contributed by atoms with Crippen molar-refractivity contribution in [2.45, 2.75) is 6.54 Å². The third-order valence-corrected chi connectivity index (χ3v) is 4.08. The molecule has 0 atom stereocenters. The summed E-state index contributed by atoms with van der Waals surface area (Å²) in [6, 6.07) is 17.3. The Kier molecular flexibility index (Phi) is 5.33. The summed E-state index contributed by atoms with van der Waals surface area (Å²) >= 11 is 0. The van der Waals surface area contributed by atoms with E-state index in [1.807, 2.05) is 6.07 Å². The molecule has 3 rings (SSSR count). The van der Waals surface area contributed by atoms with Gasteiger partial charge in [-0.2, -0.15) is 5.26 Å². The fraction of sp³-hybridized carbons (Fsp3) is 0.0952. The number of nitrogens with zero attached hydrogens (tertiary/aromatic N) is 1. The molecule has 1 heterocycles. The molecule has 0 saturated carbocycles. The Labute approximate surface area is 156 Å². The number of amides is 1. The van der Waals surface area contributed by atoms with E-state index in [0.717, 1.165) is 5.56 Å². The van der Waals surface area contributed by atoms with E-state index in [-0.39, 0.29) is 11.7 Å². The summed E-state index contributed by atoms with van der Waals surface area (Å²) in [6.45, 7) is 0.325. The van der Waals surface area contributed by atoms with E-state index in [9.17, 15) is 9.59 Å². The number of H-pyrrole nitrogens is 1. The Morgan fingerprint density at radius 1 is 1.07 bits per heavy atom. The fourth-order valence-corrected chi connectivity index (χ4v) is 2.54. The van der Waals surface area contributed by atoms with Gasteiger partial charge in [0.1, 0.15) is 11.4 Å². The topological polar surface area (TPSA) is 95.0 Å². The Balaban J connectivity index is 1.64. The number of aromatic amines is 1. The summed E-state index contributed by atoms with van der Waals surface area (Å²) in [4.78, 5) is 27.6. The molecule has 0 aliphatic heterocycles. The second-order valence-corrected chi connectivity index (χ2v) is 5.85. The van der Waals surface area contributed by atoms with Gasteiger partial charge >= 0.3 is 0 Å². The van der Waals surface area contributed by atoms with Crippen LogP contribution in [0.2, 0.25) is 0 Å². The van der Waals surface area contributed by atoms with Gasteiger partial charge in [-0.15, -0.1) is 0 Å². The number of nitriles is 1. The third kappa shape index (κ3) is 4.22. The molecule has 0 spiro atoms. The number of hydrogen-bond donors (Lipinski definition) is 2. The van der Waals surface area contributed by atoms with E-state index in [1.165, 1.54) is 12.3 Å². The van der Waals surface area contributed by atoms with Crippen LogP contribution in [0.4, 0.5) is 0 Å². The number of ether oxygens (including phenoxy) is 1. The first-order chi connectivity index (χ1) is 13.1. The molecule has 1 aromatic heterocycles. The number of nitrogens with one attached hydrogen (secondary N) is 2. The van der Waals surface area contributed by atoms with Gasteiger partial charge in [-0.1, -0.05) is 12.1 Å². The number of ketones is 1. The van der Waals surface area contributed by atoms with Crippen LogP contribution >= 0.6 is 0 Å². The standard InChI is InChI=1S/C21H17N3O3/c1-27-18-8-6-16(7-9-18)20(25)17-10-19(23-13-17)21(26)24-12-15-4-2-14(11-22)3-5-15/h2-10,13,23H,12H2,1H3,(H,24,26). The summed E-state index contributed by atoms with van der Waals surface area (Å²) < 4.78 is 5.08. The normalized spacial score (nSPS) is 10.1. The summed E-state index contributed by atoms with van der Waals surface area (Å²) in [5, 5.41) is 11.6. The number of methoxy groups -OCH3 is 1. The minimum Gasteiger partial charge on any atom is -0.497 e. The van der Waals surface area contributed by atoms with E-state index in [4.69, 9.17) is 10.00 Å². The molecule has 2 N–H and O–H groups in total. The van der Waals surface area contributed by atoms with Gasteiger partial charge in [0, 0.05) is 23.9 Å². The monoisotopic (exact) mass is 359 g/mol. The van der Waals surface area contributed by atoms with Crippen LogP contribution in [0.15, 0.2) is 60.8 Å². The molecule has 0 unspecified atom stereocenters. The summed E-state index contributed by atoms with van der Waals surface area (Å²) in [5.41, 5.74) is 2.67. The molecule has 0 fully saturated rings. The van der Waals surface area contributed by atoms with Gasteiger partial charge in [0.05, 0.1) is 18.7 Å². The van der Waals surface area contributed by atoms with E-state index in [0.29, 0.717) is 34.7 Å². The maximum atomic E-state index is 12.5. The van der Waals surface area contributed by atoms with Crippen LogP contribution in [-0.2, 0) is 6.54 Å². The zero-order chi connectivity index (χ0) is 19.2. The van der Waals surface area contributed by atoms with Gasteiger partial charge in [-0.3, -0.25) is 9.59 Å². The fourth-order valence-electron chi connectivity index (χ4n) is 2.54. The molecule has 2 aromatic carbocycles. The van der Waals surface area contributed by atoms with Crippen molar-refractivity contribution in [2.75, 3.05) is 7.11 Å². The molecule has 0 radical (unpaired) electrons. The lowest BCUT2D eigenvalue weighted by Gasteiger charge is -2.04. The average molecular weight is 359 g/mol. The van der Waals surface area contributed by atoms with Crippen LogP contribution in [0.3, 0.4) is 0 Å². The predicted octanol–water partition coefficient (Wildman–Crippen LogP) is 3.06. The third-order valence-electron chi connectivity index (χ3n) is 4.08. The zero-order valence-electron chi connectivity index (χ0n) is 14.7. The van der Waals surface area contributed by atoms with Crippen molar-refractivity contribution in [3.8, 4) is 11.8 Å². The molecule has 6 heteroatoms.